The summed E-state index contributed by atoms with van der Waals surface area (Å²) in [6, 6.07) is 15.5. The number of nitrogens with one attached hydrogen (secondary N) is 1. The van der Waals surface area contributed by atoms with Crippen molar-refractivity contribution in [2.45, 2.75) is 57.1 Å². The third-order valence-corrected chi connectivity index (χ3v) is 9.06. The highest BCUT2D eigenvalue weighted by molar-refractivity contribution is 7.89. The molecule has 1 unspecified atom stereocenters. The van der Waals surface area contributed by atoms with Crippen LogP contribution in [0, 0.1) is 0 Å². The Morgan fingerprint density at radius 1 is 0.933 bits per heavy atom. The van der Waals surface area contributed by atoms with Crippen molar-refractivity contribution in [3.63, 3.8) is 0 Å². The van der Waals surface area contributed by atoms with Crippen LogP contribution >= 0.6 is 7.60 Å². The molecule has 0 aliphatic carbocycles. The van der Waals surface area contributed by atoms with Crippen LogP contribution in [0.4, 0.5) is 0 Å². The number of hydrogen-bond acceptors (Lipinski definition) is 5. The highest BCUT2D eigenvalue weighted by Gasteiger charge is 2.40. The molecule has 0 heterocycles. The summed E-state index contributed by atoms with van der Waals surface area (Å²) < 4.78 is 53.3. The Balaban J connectivity index is 2.45. The summed E-state index contributed by atoms with van der Waals surface area (Å²) in [5, 5.41) is 0. The minimum absolute atomic E-state index is 0.0536. The van der Waals surface area contributed by atoms with Crippen molar-refractivity contribution in [3.8, 4) is 0 Å². The molecule has 2 rings (SSSR count). The van der Waals surface area contributed by atoms with Gasteiger partial charge in [0, 0.05) is 0 Å². The lowest BCUT2D eigenvalue weighted by atomic mass is 9.82. The van der Waals surface area contributed by atoms with Crippen LogP contribution < -0.4 is 4.72 Å². The van der Waals surface area contributed by atoms with Crippen molar-refractivity contribution in [1.82, 2.24) is 4.72 Å². The van der Waals surface area contributed by atoms with Gasteiger partial charge >= 0.3 is 7.60 Å². The van der Waals surface area contributed by atoms with Crippen molar-refractivity contribution in [3.05, 3.63) is 65.7 Å². The highest BCUT2D eigenvalue weighted by Crippen LogP contribution is 2.60. The molecule has 30 heavy (non-hydrogen) atoms. The molecule has 0 bridgehead atoms. The molecule has 2 aromatic rings. The molecule has 0 aromatic heterocycles. The van der Waals surface area contributed by atoms with E-state index in [0.29, 0.717) is 5.56 Å². The Labute approximate surface area is 180 Å². The molecule has 0 fully saturated rings. The molecule has 0 aliphatic rings. The summed E-state index contributed by atoms with van der Waals surface area (Å²) in [4.78, 5) is 0.0960. The second-order valence-electron chi connectivity index (χ2n) is 7.57. The average molecular weight is 454 g/mol. The molecule has 1 atom stereocenters. The van der Waals surface area contributed by atoms with Gasteiger partial charge in [0.2, 0.25) is 10.0 Å². The summed E-state index contributed by atoms with van der Waals surface area (Å²) in [5.41, 5.74) is 1.51. The third-order valence-electron chi connectivity index (χ3n) is 5.15. The molecule has 0 saturated carbocycles. The predicted molar refractivity (Wildman–Crippen MR) is 120 cm³/mol. The largest absolute Gasteiger partial charge is 0.352 e. The van der Waals surface area contributed by atoms with Gasteiger partial charge in [-0.15, -0.1) is 0 Å². The van der Waals surface area contributed by atoms with Crippen LogP contribution in [-0.2, 0) is 29.1 Å². The first-order chi connectivity index (χ1) is 14.1. The molecule has 0 spiro atoms. The highest BCUT2D eigenvalue weighted by atomic mass is 32.2. The zero-order chi connectivity index (χ0) is 22.4. The van der Waals surface area contributed by atoms with E-state index in [1.807, 2.05) is 12.1 Å². The van der Waals surface area contributed by atoms with E-state index in [1.54, 1.807) is 56.3 Å². The van der Waals surface area contributed by atoms with Gasteiger partial charge in [-0.25, -0.2) is 8.42 Å². The first-order valence-electron chi connectivity index (χ1n) is 10.2. The van der Waals surface area contributed by atoms with E-state index < -0.39 is 23.4 Å². The molecule has 0 radical (unpaired) electrons. The van der Waals surface area contributed by atoms with Crippen molar-refractivity contribution in [2.24, 2.45) is 0 Å². The molecule has 0 aliphatic heterocycles. The molecule has 0 amide bonds. The average Bonchev–Trinajstić information content (AvgIpc) is 2.73. The van der Waals surface area contributed by atoms with Crippen LogP contribution in [0.2, 0.25) is 0 Å². The topological polar surface area (TPSA) is 81.7 Å². The van der Waals surface area contributed by atoms with Crippen LogP contribution in [0.25, 0.3) is 0 Å². The van der Waals surface area contributed by atoms with Crippen molar-refractivity contribution >= 4 is 17.6 Å². The van der Waals surface area contributed by atoms with Gasteiger partial charge in [0.15, 0.2) is 0 Å². The van der Waals surface area contributed by atoms with E-state index in [9.17, 15) is 13.0 Å². The predicted octanol–water partition coefficient (Wildman–Crippen LogP) is 5.62. The van der Waals surface area contributed by atoms with Gasteiger partial charge < -0.3 is 9.05 Å². The van der Waals surface area contributed by atoms with Gasteiger partial charge in [0.1, 0.15) is 5.78 Å². The SMILES string of the molecule is CCOP(=O)(OCC)C(NS(=O)(=O)c1ccc(C(C)(C)CC)cc1)c1ccccc1. The van der Waals surface area contributed by atoms with Crippen LogP contribution in [-0.4, -0.2) is 21.6 Å². The molecule has 8 heteroatoms. The Morgan fingerprint density at radius 3 is 1.93 bits per heavy atom. The minimum atomic E-state index is -3.98. The number of hydrogen-bond donors (Lipinski definition) is 1. The first-order valence-corrected chi connectivity index (χ1v) is 13.3. The molecular weight excluding hydrogens is 421 g/mol. The van der Waals surface area contributed by atoms with Crippen molar-refractivity contribution in [2.75, 3.05) is 13.2 Å². The third kappa shape index (κ3) is 5.80. The van der Waals surface area contributed by atoms with Gasteiger partial charge in [-0.05, 0) is 48.9 Å². The van der Waals surface area contributed by atoms with Crippen LogP contribution in [0.5, 0.6) is 0 Å². The van der Waals surface area contributed by atoms with Gasteiger partial charge in [-0.3, -0.25) is 4.57 Å². The van der Waals surface area contributed by atoms with Gasteiger partial charge in [-0.2, -0.15) is 4.72 Å². The van der Waals surface area contributed by atoms with Gasteiger partial charge in [0.05, 0.1) is 18.1 Å². The lowest BCUT2D eigenvalue weighted by Crippen LogP contribution is -2.30. The zero-order valence-corrected chi connectivity index (χ0v) is 20.0. The Bertz CT molecular complexity index is 949. The fraction of sp³-hybridized carbons (Fsp3) is 0.455. The van der Waals surface area contributed by atoms with Crippen LogP contribution in [0.15, 0.2) is 59.5 Å². The fourth-order valence-electron chi connectivity index (χ4n) is 3.00. The maximum absolute atomic E-state index is 13.5. The Kier molecular flexibility index (Phi) is 8.43. The molecule has 6 nitrogen and oxygen atoms in total. The fourth-order valence-corrected chi connectivity index (χ4v) is 6.62. The summed E-state index contributed by atoms with van der Waals surface area (Å²) in [7, 11) is -7.78. The minimum Gasteiger partial charge on any atom is -0.308 e. The van der Waals surface area contributed by atoms with E-state index in [2.05, 4.69) is 25.5 Å². The van der Waals surface area contributed by atoms with E-state index in [0.717, 1.165) is 12.0 Å². The smallest absolute Gasteiger partial charge is 0.308 e. The van der Waals surface area contributed by atoms with Crippen LogP contribution in [0.3, 0.4) is 0 Å². The Morgan fingerprint density at radius 2 is 1.47 bits per heavy atom. The molecule has 166 valence electrons. The second-order valence-corrected chi connectivity index (χ2v) is 11.4. The van der Waals surface area contributed by atoms with E-state index in [4.69, 9.17) is 9.05 Å². The quantitative estimate of drug-likeness (QED) is 0.447. The van der Waals surface area contributed by atoms with Crippen LogP contribution in [0.1, 0.15) is 57.9 Å². The number of rotatable bonds is 11. The lowest BCUT2D eigenvalue weighted by Gasteiger charge is -2.27. The summed E-state index contributed by atoms with van der Waals surface area (Å²) >= 11 is 0. The van der Waals surface area contributed by atoms with Gasteiger partial charge in [-0.1, -0.05) is 63.2 Å². The maximum atomic E-state index is 13.5. The molecule has 0 saturated heterocycles. The summed E-state index contributed by atoms with van der Waals surface area (Å²) in [6.07, 6.45) is 0.930. The van der Waals surface area contributed by atoms with Gasteiger partial charge in [0.25, 0.3) is 0 Å². The van der Waals surface area contributed by atoms with E-state index >= 15 is 0 Å². The molecule has 2 aromatic carbocycles. The van der Waals surface area contributed by atoms with Crippen molar-refractivity contribution in [1.29, 1.82) is 0 Å². The van der Waals surface area contributed by atoms with Crippen molar-refractivity contribution < 1.29 is 22.0 Å². The standard InChI is InChI=1S/C22H32NO5PS/c1-6-22(4,5)19-14-16-20(17-15-19)30(25,26)23-21(18-12-10-9-11-13-18)29(24,27-7-2)28-8-3/h9-17,21,23H,6-8H2,1-5H3. The number of benzene rings is 2. The Hall–Kier alpha value is -1.50. The zero-order valence-electron chi connectivity index (χ0n) is 18.3. The lowest BCUT2D eigenvalue weighted by molar-refractivity contribution is 0.210. The second kappa shape index (κ2) is 10.2. The summed E-state index contributed by atoms with van der Waals surface area (Å²) in [5.74, 6) is -1.16. The maximum Gasteiger partial charge on any atom is 0.352 e. The van der Waals surface area contributed by atoms with E-state index in [-0.39, 0.29) is 23.5 Å². The van der Waals surface area contributed by atoms with E-state index in [1.165, 1.54) is 0 Å². The monoisotopic (exact) mass is 453 g/mol. The first kappa shape index (κ1) is 24.8. The summed E-state index contributed by atoms with van der Waals surface area (Å²) in [6.45, 7) is 9.95. The molecular formula is C22H32NO5PS. The molecule has 1 N–H and O–H groups in total. The normalized spacial score (nSPS) is 13.9. The number of sulfonamides is 1.